The molecule has 0 aliphatic rings. The molecule has 0 saturated carbocycles. The monoisotopic (exact) mass is 220 g/mol. The number of hydrogen-bond acceptors (Lipinski definition) is 0. The average Bonchev–Trinajstić information content (AvgIpc) is 2.31. The van der Waals surface area contributed by atoms with Crippen molar-refractivity contribution in [2.75, 3.05) is 0 Å². The molecule has 0 amide bonds. The standard InChI is InChI=1S/C16H28/c1-3-5-7-9-11-13-15-16-14-12-10-8-6-4-2/h3,7,9,11,13H,1,4-6,8,10,12,14-16H2,2H3. The second-order valence-electron chi connectivity index (χ2n) is 4.29. The summed E-state index contributed by atoms with van der Waals surface area (Å²) in [6.45, 7) is 5.94. The second-order valence-corrected chi connectivity index (χ2v) is 4.29. The van der Waals surface area contributed by atoms with E-state index in [1.807, 2.05) is 6.08 Å². The van der Waals surface area contributed by atoms with Gasteiger partial charge in [0.2, 0.25) is 0 Å². The highest BCUT2D eigenvalue weighted by Crippen LogP contribution is 2.08. The van der Waals surface area contributed by atoms with Crippen LogP contribution in [0.3, 0.4) is 0 Å². The van der Waals surface area contributed by atoms with Crippen molar-refractivity contribution in [2.45, 2.75) is 64.7 Å². The van der Waals surface area contributed by atoms with Crippen LogP contribution in [0.2, 0.25) is 0 Å². The highest BCUT2D eigenvalue weighted by molar-refractivity contribution is 5.03. The Hall–Kier alpha value is -0.780. The molecule has 0 aromatic carbocycles. The van der Waals surface area contributed by atoms with E-state index in [2.05, 4.69) is 37.8 Å². The molecule has 0 nitrogen and oxygen atoms in total. The molecule has 0 fully saturated rings. The third-order valence-electron chi connectivity index (χ3n) is 2.66. The van der Waals surface area contributed by atoms with Gasteiger partial charge in [-0.05, 0) is 19.3 Å². The molecule has 0 bridgehead atoms. The van der Waals surface area contributed by atoms with E-state index in [1.165, 1.54) is 51.4 Å². The van der Waals surface area contributed by atoms with Crippen molar-refractivity contribution < 1.29 is 0 Å². The van der Waals surface area contributed by atoms with Crippen LogP contribution < -0.4 is 0 Å². The fourth-order valence-electron chi connectivity index (χ4n) is 1.65. The summed E-state index contributed by atoms with van der Waals surface area (Å²) in [5, 5.41) is 0. The summed E-state index contributed by atoms with van der Waals surface area (Å²) in [6, 6.07) is 0. The third-order valence-corrected chi connectivity index (χ3v) is 2.66. The summed E-state index contributed by atoms with van der Waals surface area (Å²) in [5.41, 5.74) is 0. The SMILES string of the molecule is C=CCC=CC=CCCCCCCCCC. The van der Waals surface area contributed by atoms with Crippen LogP contribution in [-0.4, -0.2) is 0 Å². The fourth-order valence-corrected chi connectivity index (χ4v) is 1.65. The van der Waals surface area contributed by atoms with Gasteiger partial charge in [0.1, 0.15) is 0 Å². The summed E-state index contributed by atoms with van der Waals surface area (Å²) in [5.74, 6) is 0. The van der Waals surface area contributed by atoms with Crippen LogP contribution >= 0.6 is 0 Å². The van der Waals surface area contributed by atoms with E-state index in [9.17, 15) is 0 Å². The van der Waals surface area contributed by atoms with Crippen molar-refractivity contribution in [3.05, 3.63) is 37.0 Å². The predicted octanol–water partition coefficient (Wildman–Crippen LogP) is 5.82. The molecule has 0 spiro atoms. The van der Waals surface area contributed by atoms with E-state index in [0.29, 0.717) is 0 Å². The topological polar surface area (TPSA) is 0 Å². The van der Waals surface area contributed by atoms with Crippen LogP contribution in [0.5, 0.6) is 0 Å². The molecular formula is C16H28. The number of hydrogen-bond donors (Lipinski definition) is 0. The Bertz CT molecular complexity index is 186. The first-order valence-corrected chi connectivity index (χ1v) is 6.84. The molecule has 0 unspecified atom stereocenters. The Balaban J connectivity index is 3.11. The van der Waals surface area contributed by atoms with Gasteiger partial charge in [-0.3, -0.25) is 0 Å². The Kier molecular flexibility index (Phi) is 13.5. The molecule has 0 heteroatoms. The van der Waals surface area contributed by atoms with Gasteiger partial charge in [0.05, 0.1) is 0 Å². The first-order chi connectivity index (χ1) is 7.91. The Morgan fingerprint density at radius 2 is 1.44 bits per heavy atom. The fraction of sp³-hybridized carbons (Fsp3) is 0.625. The molecule has 0 atom stereocenters. The van der Waals surface area contributed by atoms with Gasteiger partial charge in [-0.15, -0.1) is 6.58 Å². The van der Waals surface area contributed by atoms with Gasteiger partial charge < -0.3 is 0 Å². The maximum absolute atomic E-state index is 3.67. The van der Waals surface area contributed by atoms with Crippen LogP contribution in [-0.2, 0) is 0 Å². The zero-order valence-corrected chi connectivity index (χ0v) is 11.0. The highest BCUT2D eigenvalue weighted by Gasteiger charge is 1.88. The van der Waals surface area contributed by atoms with Crippen LogP contribution in [0.25, 0.3) is 0 Å². The van der Waals surface area contributed by atoms with Gasteiger partial charge in [0, 0.05) is 0 Å². The Morgan fingerprint density at radius 1 is 0.812 bits per heavy atom. The van der Waals surface area contributed by atoms with Crippen LogP contribution in [0.1, 0.15) is 64.7 Å². The van der Waals surface area contributed by atoms with Crippen LogP contribution in [0, 0.1) is 0 Å². The minimum atomic E-state index is 0.974. The summed E-state index contributed by atoms with van der Waals surface area (Å²) < 4.78 is 0. The van der Waals surface area contributed by atoms with E-state index in [4.69, 9.17) is 0 Å². The van der Waals surface area contributed by atoms with Crippen LogP contribution in [0.15, 0.2) is 37.0 Å². The third kappa shape index (κ3) is 13.2. The lowest BCUT2D eigenvalue weighted by Crippen LogP contribution is -1.78. The van der Waals surface area contributed by atoms with Crippen molar-refractivity contribution in [2.24, 2.45) is 0 Å². The molecule has 0 radical (unpaired) electrons. The highest BCUT2D eigenvalue weighted by atomic mass is 13.9. The largest absolute Gasteiger partial charge is 0.103 e. The van der Waals surface area contributed by atoms with E-state index >= 15 is 0 Å². The minimum absolute atomic E-state index is 0.974. The molecule has 0 aromatic rings. The Morgan fingerprint density at radius 3 is 2.12 bits per heavy atom. The first-order valence-electron chi connectivity index (χ1n) is 6.84. The van der Waals surface area contributed by atoms with Crippen LogP contribution in [0.4, 0.5) is 0 Å². The summed E-state index contributed by atoms with van der Waals surface area (Å²) in [6.07, 6.45) is 22.6. The van der Waals surface area contributed by atoms with Gasteiger partial charge in [-0.1, -0.05) is 75.8 Å². The van der Waals surface area contributed by atoms with Crippen molar-refractivity contribution >= 4 is 0 Å². The van der Waals surface area contributed by atoms with Gasteiger partial charge in [0.15, 0.2) is 0 Å². The molecule has 0 aromatic heterocycles. The average molecular weight is 220 g/mol. The molecule has 0 aliphatic carbocycles. The maximum atomic E-state index is 3.67. The molecule has 0 heterocycles. The van der Waals surface area contributed by atoms with Gasteiger partial charge >= 0.3 is 0 Å². The number of allylic oxidation sites excluding steroid dienone is 5. The maximum Gasteiger partial charge on any atom is -0.0169 e. The van der Waals surface area contributed by atoms with E-state index in [1.54, 1.807) is 0 Å². The van der Waals surface area contributed by atoms with Gasteiger partial charge in [0.25, 0.3) is 0 Å². The molecule has 92 valence electrons. The Labute approximate surface area is 102 Å². The van der Waals surface area contributed by atoms with Gasteiger partial charge in [-0.2, -0.15) is 0 Å². The smallest absolute Gasteiger partial charge is 0.0169 e. The van der Waals surface area contributed by atoms with E-state index in [0.717, 1.165) is 6.42 Å². The van der Waals surface area contributed by atoms with E-state index < -0.39 is 0 Å². The van der Waals surface area contributed by atoms with Crippen molar-refractivity contribution in [1.29, 1.82) is 0 Å². The first kappa shape index (κ1) is 15.2. The number of rotatable bonds is 11. The lowest BCUT2D eigenvalue weighted by molar-refractivity contribution is 0.592. The summed E-state index contributed by atoms with van der Waals surface area (Å²) in [7, 11) is 0. The predicted molar refractivity (Wildman–Crippen MR) is 75.7 cm³/mol. The molecular weight excluding hydrogens is 192 g/mol. The lowest BCUT2D eigenvalue weighted by Gasteiger charge is -1.98. The molecule has 0 N–H and O–H groups in total. The normalized spacial score (nSPS) is 11.6. The second kappa shape index (κ2) is 14.2. The molecule has 0 rings (SSSR count). The lowest BCUT2D eigenvalue weighted by atomic mass is 10.1. The quantitative estimate of drug-likeness (QED) is 0.234. The zero-order valence-electron chi connectivity index (χ0n) is 11.0. The van der Waals surface area contributed by atoms with Crippen molar-refractivity contribution in [3.8, 4) is 0 Å². The van der Waals surface area contributed by atoms with Gasteiger partial charge in [-0.25, -0.2) is 0 Å². The zero-order chi connectivity index (χ0) is 11.9. The minimum Gasteiger partial charge on any atom is -0.103 e. The number of unbranched alkanes of at least 4 members (excludes halogenated alkanes) is 7. The van der Waals surface area contributed by atoms with E-state index in [-0.39, 0.29) is 0 Å². The van der Waals surface area contributed by atoms with Crippen molar-refractivity contribution in [1.82, 2.24) is 0 Å². The summed E-state index contributed by atoms with van der Waals surface area (Å²) in [4.78, 5) is 0. The molecule has 0 saturated heterocycles. The molecule has 16 heavy (non-hydrogen) atoms. The molecule has 0 aliphatic heterocycles. The van der Waals surface area contributed by atoms with Crippen molar-refractivity contribution in [3.63, 3.8) is 0 Å². The summed E-state index contributed by atoms with van der Waals surface area (Å²) >= 11 is 0.